The fraction of sp³-hybridized carbons (Fsp3) is 0.300. The van der Waals surface area contributed by atoms with Crippen molar-refractivity contribution in [1.82, 2.24) is 4.90 Å². The summed E-state index contributed by atoms with van der Waals surface area (Å²) >= 11 is 6.03. The number of ether oxygens (including phenoxy) is 1. The van der Waals surface area contributed by atoms with Gasteiger partial charge in [-0.05, 0) is 23.8 Å². The molecule has 1 fully saturated rings. The molecule has 6 heteroatoms. The molecule has 0 spiro atoms. The van der Waals surface area contributed by atoms with Crippen LogP contribution >= 0.6 is 11.6 Å². The molecule has 2 aromatic rings. The molecular formula is C20H20ClNO4. The number of likely N-dealkylation sites (tertiary alicyclic amines) is 1. The molecular weight excluding hydrogens is 354 g/mol. The van der Waals surface area contributed by atoms with Crippen LogP contribution in [0.15, 0.2) is 48.5 Å². The lowest BCUT2D eigenvalue weighted by Crippen LogP contribution is -2.31. The third-order valence-electron chi connectivity index (χ3n) is 4.80. The summed E-state index contributed by atoms with van der Waals surface area (Å²) in [6, 6.07) is 14.6. The minimum Gasteiger partial charge on any atom is -0.496 e. The van der Waals surface area contributed by atoms with Crippen molar-refractivity contribution in [3.63, 3.8) is 0 Å². The Bertz CT molecular complexity index is 809. The van der Waals surface area contributed by atoms with Crippen LogP contribution in [-0.2, 0) is 16.0 Å². The normalized spacial score (nSPS) is 19.4. The van der Waals surface area contributed by atoms with E-state index in [0.29, 0.717) is 22.9 Å². The average molecular weight is 374 g/mol. The Kier molecular flexibility index (Phi) is 5.47. The summed E-state index contributed by atoms with van der Waals surface area (Å²) in [4.78, 5) is 26.1. The van der Waals surface area contributed by atoms with Gasteiger partial charge >= 0.3 is 5.97 Å². The van der Waals surface area contributed by atoms with Crippen LogP contribution in [-0.4, -0.2) is 42.1 Å². The molecule has 0 unspecified atom stereocenters. The Balaban J connectivity index is 1.78. The number of amides is 1. The molecule has 0 aliphatic carbocycles. The molecule has 2 atom stereocenters. The van der Waals surface area contributed by atoms with Crippen LogP contribution < -0.4 is 4.74 Å². The van der Waals surface area contributed by atoms with E-state index in [9.17, 15) is 14.7 Å². The Morgan fingerprint density at radius 2 is 1.92 bits per heavy atom. The molecule has 0 saturated carbocycles. The lowest BCUT2D eigenvalue weighted by molar-refractivity contribution is -0.141. The fourth-order valence-corrected chi connectivity index (χ4v) is 3.65. The van der Waals surface area contributed by atoms with E-state index >= 15 is 0 Å². The van der Waals surface area contributed by atoms with Gasteiger partial charge in [-0.1, -0.05) is 41.9 Å². The summed E-state index contributed by atoms with van der Waals surface area (Å²) in [7, 11) is 1.54. The summed E-state index contributed by atoms with van der Waals surface area (Å²) in [5.74, 6) is -1.23. The third kappa shape index (κ3) is 3.83. The van der Waals surface area contributed by atoms with E-state index < -0.39 is 11.9 Å². The molecule has 0 bridgehead atoms. The summed E-state index contributed by atoms with van der Waals surface area (Å²) < 4.78 is 5.29. The van der Waals surface area contributed by atoms with Crippen LogP contribution in [0, 0.1) is 5.92 Å². The maximum atomic E-state index is 12.8. The maximum absolute atomic E-state index is 12.8. The van der Waals surface area contributed by atoms with Crippen LogP contribution in [0.25, 0.3) is 0 Å². The molecule has 1 aliphatic rings. The van der Waals surface area contributed by atoms with Gasteiger partial charge in [0.15, 0.2) is 0 Å². The standard InChI is InChI=1S/C20H20ClNO4/c1-26-18-8-7-15(21)9-14(18)10-19(23)22-11-16(17(12-22)20(24)25)13-5-3-2-4-6-13/h2-9,16-17H,10-12H2,1H3,(H,24,25)/t16-,17-/m0/s1. The van der Waals surface area contributed by atoms with Crippen LogP contribution in [0.4, 0.5) is 0 Å². The Hall–Kier alpha value is -2.53. The smallest absolute Gasteiger partial charge is 0.308 e. The Morgan fingerprint density at radius 1 is 1.19 bits per heavy atom. The molecule has 1 aliphatic heterocycles. The Labute approximate surface area is 157 Å². The van der Waals surface area contributed by atoms with Crippen molar-refractivity contribution in [2.24, 2.45) is 5.92 Å². The summed E-state index contributed by atoms with van der Waals surface area (Å²) in [6.45, 7) is 0.597. The SMILES string of the molecule is COc1ccc(Cl)cc1CC(=O)N1C[C@H](C(=O)O)[C@H](c2ccccc2)C1. The van der Waals surface area contributed by atoms with E-state index in [2.05, 4.69) is 0 Å². The molecule has 2 aromatic carbocycles. The number of aliphatic carboxylic acids is 1. The molecule has 26 heavy (non-hydrogen) atoms. The van der Waals surface area contributed by atoms with Gasteiger partial charge in [0, 0.05) is 29.6 Å². The minimum absolute atomic E-state index is 0.123. The first kappa shape index (κ1) is 18.3. The van der Waals surface area contributed by atoms with Gasteiger partial charge in [-0.15, -0.1) is 0 Å². The summed E-state index contributed by atoms with van der Waals surface area (Å²) in [5, 5.41) is 10.1. The summed E-state index contributed by atoms with van der Waals surface area (Å²) in [6.07, 6.45) is 0.123. The quantitative estimate of drug-likeness (QED) is 0.873. The number of carboxylic acid groups (broad SMARTS) is 1. The number of nitrogens with zero attached hydrogens (tertiary/aromatic N) is 1. The minimum atomic E-state index is -0.880. The number of benzene rings is 2. The van der Waals surface area contributed by atoms with E-state index in [-0.39, 0.29) is 24.8 Å². The zero-order valence-electron chi connectivity index (χ0n) is 14.4. The molecule has 1 saturated heterocycles. The highest BCUT2D eigenvalue weighted by atomic mass is 35.5. The summed E-state index contributed by atoms with van der Waals surface area (Å²) in [5.41, 5.74) is 1.63. The van der Waals surface area contributed by atoms with Gasteiger partial charge in [0.2, 0.25) is 5.91 Å². The van der Waals surface area contributed by atoms with Gasteiger partial charge in [-0.25, -0.2) is 0 Å². The van der Waals surface area contributed by atoms with Crippen LogP contribution in [0.2, 0.25) is 5.02 Å². The first-order valence-electron chi connectivity index (χ1n) is 8.37. The third-order valence-corrected chi connectivity index (χ3v) is 5.04. The molecule has 1 heterocycles. The van der Waals surface area contributed by atoms with Gasteiger partial charge in [-0.2, -0.15) is 0 Å². The van der Waals surface area contributed by atoms with Crippen molar-refractivity contribution < 1.29 is 19.4 Å². The molecule has 0 radical (unpaired) electrons. The number of halogens is 1. The number of hydrogen-bond acceptors (Lipinski definition) is 3. The number of carbonyl (C=O) groups is 2. The predicted molar refractivity (Wildman–Crippen MR) is 98.6 cm³/mol. The predicted octanol–water partition coefficient (Wildman–Crippen LogP) is 3.22. The zero-order valence-corrected chi connectivity index (χ0v) is 15.1. The van der Waals surface area contributed by atoms with Crippen molar-refractivity contribution in [3.8, 4) is 5.75 Å². The van der Waals surface area contributed by atoms with E-state index in [4.69, 9.17) is 16.3 Å². The highest BCUT2D eigenvalue weighted by Gasteiger charge is 2.40. The fourth-order valence-electron chi connectivity index (χ4n) is 3.46. The van der Waals surface area contributed by atoms with E-state index in [1.807, 2.05) is 30.3 Å². The highest BCUT2D eigenvalue weighted by Crippen LogP contribution is 2.33. The van der Waals surface area contributed by atoms with Crippen LogP contribution in [0.5, 0.6) is 5.75 Å². The monoisotopic (exact) mass is 373 g/mol. The molecule has 0 aromatic heterocycles. The number of hydrogen-bond donors (Lipinski definition) is 1. The Morgan fingerprint density at radius 3 is 2.58 bits per heavy atom. The number of methoxy groups -OCH3 is 1. The van der Waals surface area contributed by atoms with E-state index in [1.54, 1.807) is 30.2 Å². The first-order chi connectivity index (χ1) is 12.5. The lowest BCUT2D eigenvalue weighted by Gasteiger charge is -2.17. The van der Waals surface area contributed by atoms with Gasteiger partial charge in [0.1, 0.15) is 5.75 Å². The van der Waals surface area contributed by atoms with Crippen molar-refractivity contribution in [2.45, 2.75) is 12.3 Å². The number of carbonyl (C=O) groups excluding carboxylic acids is 1. The topological polar surface area (TPSA) is 66.8 Å². The van der Waals surface area contributed by atoms with Gasteiger partial charge in [0.05, 0.1) is 19.4 Å². The van der Waals surface area contributed by atoms with Gasteiger partial charge < -0.3 is 14.7 Å². The van der Waals surface area contributed by atoms with E-state index in [1.165, 1.54) is 0 Å². The number of rotatable bonds is 5. The van der Waals surface area contributed by atoms with Crippen LogP contribution in [0.1, 0.15) is 17.0 Å². The zero-order chi connectivity index (χ0) is 18.7. The van der Waals surface area contributed by atoms with Gasteiger partial charge in [0.25, 0.3) is 0 Å². The molecule has 136 valence electrons. The highest BCUT2D eigenvalue weighted by molar-refractivity contribution is 6.30. The van der Waals surface area contributed by atoms with Crippen LogP contribution in [0.3, 0.4) is 0 Å². The van der Waals surface area contributed by atoms with E-state index in [0.717, 1.165) is 5.56 Å². The second-order valence-electron chi connectivity index (χ2n) is 6.39. The average Bonchev–Trinajstić information content (AvgIpc) is 3.08. The second-order valence-corrected chi connectivity index (χ2v) is 6.83. The van der Waals surface area contributed by atoms with Crippen molar-refractivity contribution in [3.05, 3.63) is 64.7 Å². The van der Waals surface area contributed by atoms with Crippen molar-refractivity contribution in [2.75, 3.05) is 20.2 Å². The van der Waals surface area contributed by atoms with Crippen molar-refractivity contribution in [1.29, 1.82) is 0 Å². The first-order valence-corrected chi connectivity index (χ1v) is 8.75. The van der Waals surface area contributed by atoms with Crippen molar-refractivity contribution >= 4 is 23.5 Å². The maximum Gasteiger partial charge on any atom is 0.308 e. The van der Waals surface area contributed by atoms with Gasteiger partial charge in [-0.3, -0.25) is 9.59 Å². The molecule has 1 amide bonds. The molecule has 1 N–H and O–H groups in total. The molecule has 3 rings (SSSR count). The largest absolute Gasteiger partial charge is 0.496 e. The number of carboxylic acids is 1. The second kappa shape index (κ2) is 7.79. The lowest BCUT2D eigenvalue weighted by atomic mass is 9.89. The molecule has 5 nitrogen and oxygen atoms in total.